The van der Waals surface area contributed by atoms with Gasteiger partial charge in [0.15, 0.2) is 5.54 Å². The van der Waals surface area contributed by atoms with Crippen LogP contribution >= 0.6 is 35.1 Å². The predicted molar refractivity (Wildman–Crippen MR) is 92.1 cm³/mol. The third-order valence-electron chi connectivity index (χ3n) is 3.42. The second-order valence-electron chi connectivity index (χ2n) is 4.93. The maximum atomic E-state index is 13.4. The molecular formula is C15H12ClF3N2S2. The first-order chi connectivity index (χ1) is 10.9. The maximum Gasteiger partial charge on any atom is 0.342 e. The highest BCUT2D eigenvalue weighted by Gasteiger charge is 2.41. The van der Waals surface area contributed by atoms with E-state index in [0.29, 0.717) is 0 Å². The molecule has 1 aromatic rings. The number of nitrogens with zero attached hydrogens (tertiary/aromatic N) is 2. The van der Waals surface area contributed by atoms with E-state index < -0.39 is 16.4 Å². The smallest absolute Gasteiger partial charge is 0.279 e. The molecule has 2 nitrogen and oxygen atoms in total. The largest absolute Gasteiger partial charge is 0.342 e. The Labute approximate surface area is 145 Å². The average Bonchev–Trinajstić information content (AvgIpc) is 3.19. The molecule has 2 aliphatic rings. The molecule has 2 atom stereocenters. The Kier molecular flexibility index (Phi) is 4.80. The first-order valence-electron chi connectivity index (χ1n) is 6.80. The summed E-state index contributed by atoms with van der Waals surface area (Å²) in [6.45, 7) is 0.749. The summed E-state index contributed by atoms with van der Waals surface area (Å²) in [6, 6.07) is 6.48. The van der Waals surface area contributed by atoms with E-state index in [9.17, 15) is 13.2 Å². The number of hydrogen-bond donors (Lipinski definition) is 0. The fraction of sp³-hybridized carbons (Fsp3) is 0.333. The summed E-state index contributed by atoms with van der Waals surface area (Å²) in [5, 5.41) is -2.77. The van der Waals surface area contributed by atoms with Gasteiger partial charge < -0.3 is 0 Å². The Bertz CT molecular complexity index is 660. The van der Waals surface area contributed by atoms with Crippen LogP contribution in [-0.4, -0.2) is 34.4 Å². The first-order valence-corrected chi connectivity index (χ1v) is 9.04. The quantitative estimate of drug-likeness (QED) is 0.540. The van der Waals surface area contributed by atoms with Crippen LogP contribution in [0.3, 0.4) is 0 Å². The lowest BCUT2D eigenvalue weighted by molar-refractivity contribution is 0.0537. The summed E-state index contributed by atoms with van der Waals surface area (Å²) in [5.41, 5.74) is -2.56. The van der Waals surface area contributed by atoms with Crippen LogP contribution in [0, 0.1) is 0 Å². The molecule has 0 saturated heterocycles. The molecule has 0 aliphatic carbocycles. The van der Waals surface area contributed by atoms with E-state index >= 15 is 0 Å². The third-order valence-corrected chi connectivity index (χ3v) is 5.91. The minimum atomic E-state index is -3.67. The topological polar surface area (TPSA) is 24.7 Å². The predicted octanol–water partition coefficient (Wildman–Crippen LogP) is 4.89. The van der Waals surface area contributed by atoms with E-state index in [-0.39, 0.29) is 16.7 Å². The monoisotopic (exact) mass is 376 g/mol. The van der Waals surface area contributed by atoms with Gasteiger partial charge in [-0.1, -0.05) is 23.7 Å². The van der Waals surface area contributed by atoms with Crippen molar-refractivity contribution < 1.29 is 13.2 Å². The summed E-state index contributed by atoms with van der Waals surface area (Å²) >= 11 is 6.63. The number of allylic oxidation sites excluding steroid dienone is 1. The Hall–Kier alpha value is -0.920. The summed E-state index contributed by atoms with van der Waals surface area (Å²) in [5.74, 6) is 0.911. The Balaban J connectivity index is 1.87. The van der Waals surface area contributed by atoms with E-state index in [1.807, 2.05) is 12.2 Å². The van der Waals surface area contributed by atoms with Crippen molar-refractivity contribution in [2.75, 3.05) is 12.3 Å². The average molecular weight is 377 g/mol. The summed E-state index contributed by atoms with van der Waals surface area (Å²) in [6.07, 6.45) is 5.50. The highest BCUT2D eigenvalue weighted by atomic mass is 35.5. The lowest BCUT2D eigenvalue weighted by Crippen LogP contribution is -2.27. The highest BCUT2D eigenvalue weighted by molar-refractivity contribution is 8.14. The van der Waals surface area contributed by atoms with Gasteiger partial charge in [0.25, 0.3) is 0 Å². The number of halogens is 4. The van der Waals surface area contributed by atoms with E-state index in [2.05, 4.69) is 9.98 Å². The number of benzene rings is 1. The fourth-order valence-electron chi connectivity index (χ4n) is 2.35. The van der Waals surface area contributed by atoms with Crippen LogP contribution in [0.25, 0.3) is 0 Å². The molecule has 2 aliphatic heterocycles. The maximum absolute atomic E-state index is 13.4. The zero-order valence-electron chi connectivity index (χ0n) is 11.8. The van der Waals surface area contributed by atoms with Gasteiger partial charge in [0.1, 0.15) is 5.04 Å². The Morgan fingerprint density at radius 2 is 2.04 bits per heavy atom. The molecule has 122 valence electrons. The van der Waals surface area contributed by atoms with Crippen molar-refractivity contribution in [1.29, 1.82) is 0 Å². The van der Waals surface area contributed by atoms with Gasteiger partial charge in [-0.2, -0.15) is 8.78 Å². The van der Waals surface area contributed by atoms with Crippen molar-refractivity contribution in [1.82, 2.24) is 0 Å². The molecule has 2 heterocycles. The third kappa shape index (κ3) is 3.32. The summed E-state index contributed by atoms with van der Waals surface area (Å²) < 4.78 is 39.4. The molecule has 0 amide bonds. The van der Waals surface area contributed by atoms with E-state index in [1.54, 1.807) is 30.1 Å². The van der Waals surface area contributed by atoms with Crippen molar-refractivity contribution in [2.45, 2.75) is 21.3 Å². The molecule has 0 saturated carbocycles. The molecule has 1 aromatic carbocycles. The second kappa shape index (κ2) is 6.53. The molecule has 3 rings (SSSR count). The standard InChI is InChI=1S/C15H12ClF3N2S2/c16-12(17)15(18,19)23-11-4-2-10(3-5-11)14(6-1-7-21-14)13-20-8-9-22-13/h1-7,12H,8-9H2. The SMILES string of the molecule is FC(Cl)C(F)(F)Sc1ccc(C2(C3=NCCS3)C=CC=N2)cc1. The zero-order chi connectivity index (χ0) is 16.5. The van der Waals surface area contributed by atoms with Crippen molar-refractivity contribution in [3.63, 3.8) is 0 Å². The van der Waals surface area contributed by atoms with Crippen molar-refractivity contribution >= 4 is 46.4 Å². The summed E-state index contributed by atoms with van der Waals surface area (Å²) in [7, 11) is 0. The number of hydrogen-bond acceptors (Lipinski definition) is 4. The van der Waals surface area contributed by atoms with Crippen molar-refractivity contribution in [3.05, 3.63) is 42.0 Å². The zero-order valence-corrected chi connectivity index (χ0v) is 14.1. The number of rotatable bonds is 5. The van der Waals surface area contributed by atoms with Crippen molar-refractivity contribution in [3.8, 4) is 0 Å². The van der Waals surface area contributed by atoms with Gasteiger partial charge in [0.2, 0.25) is 5.63 Å². The van der Waals surface area contributed by atoms with Crippen LogP contribution in [0.5, 0.6) is 0 Å². The first kappa shape index (κ1) is 16.9. The molecule has 0 bridgehead atoms. The Morgan fingerprint density at radius 1 is 1.30 bits per heavy atom. The molecule has 2 unspecified atom stereocenters. The van der Waals surface area contributed by atoms with Crippen LogP contribution in [0.2, 0.25) is 0 Å². The van der Waals surface area contributed by atoms with Gasteiger partial charge in [0.05, 0.1) is 0 Å². The van der Waals surface area contributed by atoms with Crippen LogP contribution in [0.4, 0.5) is 13.2 Å². The van der Waals surface area contributed by atoms with Crippen molar-refractivity contribution in [2.24, 2.45) is 9.98 Å². The molecular weight excluding hydrogens is 365 g/mol. The highest BCUT2D eigenvalue weighted by Crippen LogP contribution is 2.43. The molecule has 8 heteroatoms. The van der Waals surface area contributed by atoms with Crippen LogP contribution < -0.4 is 0 Å². The minimum absolute atomic E-state index is 0.104. The Morgan fingerprint density at radius 3 is 2.57 bits per heavy atom. The van der Waals surface area contributed by atoms with Gasteiger partial charge in [-0.05, 0) is 41.6 Å². The van der Waals surface area contributed by atoms with E-state index in [4.69, 9.17) is 11.6 Å². The van der Waals surface area contributed by atoms with E-state index in [0.717, 1.165) is 22.9 Å². The minimum Gasteiger partial charge on any atom is -0.279 e. The molecule has 0 spiro atoms. The molecule has 0 aromatic heterocycles. The second-order valence-corrected chi connectivity index (χ2v) is 7.61. The number of aliphatic imine (C=N–C) groups is 2. The lowest BCUT2D eigenvalue weighted by Gasteiger charge is -2.25. The fourth-order valence-corrected chi connectivity index (χ4v) is 4.18. The van der Waals surface area contributed by atoms with Gasteiger partial charge in [-0.3, -0.25) is 9.98 Å². The van der Waals surface area contributed by atoms with Gasteiger partial charge in [0, 0.05) is 23.4 Å². The molecule has 23 heavy (non-hydrogen) atoms. The molecule has 0 fully saturated rings. The van der Waals surface area contributed by atoms with Gasteiger partial charge >= 0.3 is 5.25 Å². The normalized spacial score (nSPS) is 25.0. The van der Waals surface area contributed by atoms with Gasteiger partial charge in [-0.15, -0.1) is 11.8 Å². The summed E-state index contributed by atoms with van der Waals surface area (Å²) in [4.78, 5) is 9.26. The van der Waals surface area contributed by atoms with Crippen LogP contribution in [0.1, 0.15) is 5.56 Å². The molecule has 0 N–H and O–H groups in total. The van der Waals surface area contributed by atoms with Gasteiger partial charge in [-0.25, -0.2) is 4.39 Å². The molecule has 0 radical (unpaired) electrons. The number of alkyl halides is 4. The lowest BCUT2D eigenvalue weighted by atomic mass is 9.92. The van der Waals surface area contributed by atoms with Crippen LogP contribution in [-0.2, 0) is 5.54 Å². The number of thioether (sulfide) groups is 2. The van der Waals surface area contributed by atoms with E-state index in [1.165, 1.54) is 12.1 Å². The van der Waals surface area contributed by atoms with Crippen LogP contribution in [0.15, 0.2) is 51.3 Å².